The van der Waals surface area contributed by atoms with E-state index in [9.17, 15) is 9.90 Å². The predicted octanol–water partition coefficient (Wildman–Crippen LogP) is 2.81. The van der Waals surface area contributed by atoms with E-state index in [0.29, 0.717) is 25.3 Å². The van der Waals surface area contributed by atoms with Gasteiger partial charge in [0, 0.05) is 12.0 Å². The first-order chi connectivity index (χ1) is 9.56. The quantitative estimate of drug-likeness (QED) is 0.832. The summed E-state index contributed by atoms with van der Waals surface area (Å²) in [4.78, 5) is 11.8. The highest BCUT2D eigenvalue weighted by Crippen LogP contribution is 2.30. The summed E-state index contributed by atoms with van der Waals surface area (Å²) in [6.07, 6.45) is 0.872. The van der Waals surface area contributed by atoms with Crippen LogP contribution < -0.4 is 5.32 Å². The van der Waals surface area contributed by atoms with E-state index in [0.717, 1.165) is 12.0 Å². The third-order valence-corrected chi connectivity index (χ3v) is 2.99. The predicted molar refractivity (Wildman–Crippen MR) is 75.5 cm³/mol. The van der Waals surface area contributed by atoms with Crippen molar-refractivity contribution in [2.24, 2.45) is 5.92 Å². The Balaban J connectivity index is 2.09. The monoisotopic (exact) mass is 279 g/mol. The molecular weight excluding hydrogens is 258 g/mol. The summed E-state index contributed by atoms with van der Waals surface area (Å²) in [6.45, 7) is 5.25. The number of aromatic hydroxyl groups is 1. The van der Waals surface area contributed by atoms with E-state index in [1.54, 1.807) is 18.2 Å². The van der Waals surface area contributed by atoms with Gasteiger partial charge in [-0.25, -0.2) is 0 Å². The van der Waals surface area contributed by atoms with Gasteiger partial charge in [-0.1, -0.05) is 19.9 Å². The van der Waals surface area contributed by atoms with Crippen LogP contribution in [0.4, 0.5) is 5.69 Å². The number of hydrogen-bond acceptors (Lipinski definition) is 4. The Morgan fingerprint density at radius 3 is 2.75 bits per heavy atom. The summed E-state index contributed by atoms with van der Waals surface area (Å²) in [7, 11) is 0. The average Bonchev–Trinajstić information content (AvgIpc) is 2.41. The molecular formula is C15H21NO4. The molecule has 1 aromatic rings. The first-order valence-electron chi connectivity index (χ1n) is 6.92. The van der Waals surface area contributed by atoms with Crippen LogP contribution in [-0.2, 0) is 14.3 Å². The van der Waals surface area contributed by atoms with E-state index in [4.69, 9.17) is 9.47 Å². The molecule has 0 unspecified atom stereocenters. The summed E-state index contributed by atoms with van der Waals surface area (Å²) in [5.74, 6) is 0.199. The van der Waals surface area contributed by atoms with Crippen molar-refractivity contribution in [3.63, 3.8) is 0 Å². The van der Waals surface area contributed by atoms with Gasteiger partial charge in [-0.15, -0.1) is 0 Å². The van der Waals surface area contributed by atoms with Crippen molar-refractivity contribution in [2.45, 2.75) is 33.0 Å². The van der Waals surface area contributed by atoms with Crippen LogP contribution in [0.5, 0.6) is 5.75 Å². The molecule has 0 bridgehead atoms. The van der Waals surface area contributed by atoms with Crippen LogP contribution in [0, 0.1) is 5.92 Å². The highest BCUT2D eigenvalue weighted by atomic mass is 16.7. The Morgan fingerprint density at radius 1 is 1.40 bits per heavy atom. The Bertz CT molecular complexity index is 467. The lowest BCUT2D eigenvalue weighted by atomic mass is 10.1. The van der Waals surface area contributed by atoms with Gasteiger partial charge in [-0.05, 0) is 24.5 Å². The fourth-order valence-electron chi connectivity index (χ4n) is 2.05. The minimum atomic E-state index is -0.426. The van der Waals surface area contributed by atoms with Crippen LogP contribution in [0.3, 0.4) is 0 Å². The average molecular weight is 279 g/mol. The van der Waals surface area contributed by atoms with Crippen LogP contribution in [0.25, 0.3) is 0 Å². The summed E-state index contributed by atoms with van der Waals surface area (Å²) < 4.78 is 11.0. The molecule has 0 aromatic heterocycles. The molecule has 0 aliphatic carbocycles. The molecule has 5 heteroatoms. The number of anilines is 1. The van der Waals surface area contributed by atoms with Gasteiger partial charge in [0.1, 0.15) is 5.75 Å². The van der Waals surface area contributed by atoms with Gasteiger partial charge in [0.25, 0.3) is 0 Å². The molecule has 110 valence electrons. The molecule has 1 heterocycles. The van der Waals surface area contributed by atoms with Crippen LogP contribution in [0.2, 0.25) is 0 Å². The number of phenolic OH excluding ortho intramolecular Hbond substituents is 1. The number of nitrogens with one attached hydrogen (secondary N) is 1. The zero-order valence-corrected chi connectivity index (χ0v) is 11.9. The second-order valence-corrected chi connectivity index (χ2v) is 5.35. The van der Waals surface area contributed by atoms with E-state index in [1.165, 1.54) is 0 Å². The number of rotatable bonds is 4. The largest absolute Gasteiger partial charge is 0.506 e. The highest BCUT2D eigenvalue weighted by molar-refractivity contribution is 5.92. The van der Waals surface area contributed by atoms with Crippen LogP contribution in [0.15, 0.2) is 18.2 Å². The Kier molecular flexibility index (Phi) is 4.98. The molecule has 0 radical (unpaired) electrons. The number of benzene rings is 1. The Morgan fingerprint density at radius 2 is 2.10 bits per heavy atom. The fourth-order valence-corrected chi connectivity index (χ4v) is 2.05. The van der Waals surface area contributed by atoms with Gasteiger partial charge in [0.15, 0.2) is 6.29 Å². The summed E-state index contributed by atoms with van der Waals surface area (Å²) in [5.41, 5.74) is 1.19. The maximum atomic E-state index is 11.8. The van der Waals surface area contributed by atoms with E-state index in [1.807, 2.05) is 13.8 Å². The molecule has 1 amide bonds. The number of phenols is 1. The van der Waals surface area contributed by atoms with Gasteiger partial charge in [0.05, 0.1) is 18.9 Å². The van der Waals surface area contributed by atoms with Crippen molar-refractivity contribution in [3.8, 4) is 5.75 Å². The molecule has 2 rings (SSSR count). The van der Waals surface area contributed by atoms with Crippen molar-refractivity contribution in [2.75, 3.05) is 18.5 Å². The maximum absolute atomic E-state index is 11.8. The number of amides is 1. The van der Waals surface area contributed by atoms with Crippen LogP contribution >= 0.6 is 0 Å². The topological polar surface area (TPSA) is 67.8 Å². The normalized spacial score (nSPS) is 16.4. The second-order valence-electron chi connectivity index (χ2n) is 5.35. The lowest BCUT2D eigenvalue weighted by Crippen LogP contribution is -2.18. The summed E-state index contributed by atoms with van der Waals surface area (Å²) in [5, 5.41) is 12.5. The van der Waals surface area contributed by atoms with Crippen molar-refractivity contribution in [1.29, 1.82) is 0 Å². The molecule has 0 saturated carbocycles. The van der Waals surface area contributed by atoms with Gasteiger partial charge in [-0.2, -0.15) is 0 Å². The minimum absolute atomic E-state index is 0.0432. The highest BCUT2D eigenvalue weighted by Gasteiger charge is 2.18. The first kappa shape index (κ1) is 14.8. The smallest absolute Gasteiger partial charge is 0.224 e. The van der Waals surface area contributed by atoms with Gasteiger partial charge >= 0.3 is 0 Å². The Hall–Kier alpha value is -1.59. The van der Waals surface area contributed by atoms with Crippen LogP contribution in [0.1, 0.15) is 38.5 Å². The molecule has 1 aliphatic rings. The molecule has 5 nitrogen and oxygen atoms in total. The number of hydrogen-bond donors (Lipinski definition) is 2. The van der Waals surface area contributed by atoms with E-state index < -0.39 is 6.29 Å². The molecule has 1 aromatic carbocycles. The first-order valence-corrected chi connectivity index (χ1v) is 6.92. The number of carbonyl (C=O) groups excluding carboxylic acids is 1. The van der Waals surface area contributed by atoms with E-state index in [-0.39, 0.29) is 17.6 Å². The molecule has 1 fully saturated rings. The minimum Gasteiger partial charge on any atom is -0.506 e. The lowest BCUT2D eigenvalue weighted by molar-refractivity contribution is -0.183. The van der Waals surface area contributed by atoms with Crippen molar-refractivity contribution in [1.82, 2.24) is 0 Å². The van der Waals surface area contributed by atoms with Crippen molar-refractivity contribution >= 4 is 11.6 Å². The molecule has 0 atom stereocenters. The third-order valence-electron chi connectivity index (χ3n) is 2.99. The molecule has 0 spiro atoms. The molecule has 1 saturated heterocycles. The van der Waals surface area contributed by atoms with Gasteiger partial charge < -0.3 is 19.9 Å². The second kappa shape index (κ2) is 6.72. The SMILES string of the molecule is CC(C)CC(=O)Nc1cc(C2OCCCO2)ccc1O. The standard InChI is InChI=1S/C15H21NO4/c1-10(2)8-14(18)16-12-9-11(4-5-13(12)17)15-19-6-3-7-20-15/h4-5,9-10,15,17H,3,6-8H2,1-2H3,(H,16,18). The third kappa shape index (κ3) is 3.95. The lowest BCUT2D eigenvalue weighted by Gasteiger charge is -2.24. The van der Waals surface area contributed by atoms with Gasteiger partial charge in [0.2, 0.25) is 5.91 Å². The zero-order valence-electron chi connectivity index (χ0n) is 11.9. The molecule has 1 aliphatic heterocycles. The van der Waals surface area contributed by atoms with E-state index in [2.05, 4.69) is 5.32 Å². The zero-order chi connectivity index (χ0) is 14.5. The number of ether oxygens (including phenoxy) is 2. The fraction of sp³-hybridized carbons (Fsp3) is 0.533. The van der Waals surface area contributed by atoms with Crippen LogP contribution in [-0.4, -0.2) is 24.2 Å². The van der Waals surface area contributed by atoms with Crippen molar-refractivity contribution < 1.29 is 19.4 Å². The molecule has 2 N–H and O–H groups in total. The number of carbonyl (C=O) groups is 1. The summed E-state index contributed by atoms with van der Waals surface area (Å²) >= 11 is 0. The summed E-state index contributed by atoms with van der Waals surface area (Å²) in [6, 6.07) is 4.98. The molecule has 20 heavy (non-hydrogen) atoms. The Labute approximate surface area is 118 Å². The van der Waals surface area contributed by atoms with E-state index >= 15 is 0 Å². The van der Waals surface area contributed by atoms with Gasteiger partial charge in [-0.3, -0.25) is 4.79 Å². The van der Waals surface area contributed by atoms with Crippen molar-refractivity contribution in [3.05, 3.63) is 23.8 Å². The maximum Gasteiger partial charge on any atom is 0.224 e.